The summed E-state index contributed by atoms with van der Waals surface area (Å²) in [5, 5.41) is 3.70. The molecule has 0 spiro atoms. The summed E-state index contributed by atoms with van der Waals surface area (Å²) in [6.45, 7) is 3.53. The Labute approximate surface area is 198 Å². The Morgan fingerprint density at radius 3 is 2.70 bits per heavy atom. The number of piperidine rings is 1. The Hall–Kier alpha value is -2.54. The van der Waals surface area contributed by atoms with Gasteiger partial charge in [-0.05, 0) is 67.1 Å². The Morgan fingerprint density at radius 1 is 1.24 bits per heavy atom. The molecule has 7 rings (SSSR count). The topological polar surface area (TPSA) is 76.6 Å². The van der Waals surface area contributed by atoms with Crippen molar-refractivity contribution >= 4 is 23.5 Å². The third-order valence-corrected chi connectivity index (χ3v) is 8.19. The summed E-state index contributed by atoms with van der Waals surface area (Å²) < 4.78 is 11.3. The number of aromatic nitrogens is 2. The van der Waals surface area contributed by atoms with E-state index in [1.54, 1.807) is 13.3 Å². The molecule has 2 aromatic rings. The summed E-state index contributed by atoms with van der Waals surface area (Å²) in [6.07, 6.45) is 5.92. The van der Waals surface area contributed by atoms with Gasteiger partial charge in [0.05, 0.1) is 12.1 Å². The number of ether oxygens (including phenoxy) is 2. The number of nitrogens with zero attached hydrogens (tertiary/aromatic N) is 3. The molecular formula is C25H29ClN4O3. The number of halogens is 1. The van der Waals surface area contributed by atoms with Gasteiger partial charge in [0.2, 0.25) is 11.8 Å². The van der Waals surface area contributed by atoms with Gasteiger partial charge in [-0.15, -0.1) is 0 Å². The van der Waals surface area contributed by atoms with Crippen molar-refractivity contribution in [1.82, 2.24) is 15.3 Å². The smallest absolute Gasteiger partial charge is 0.258 e. The molecule has 5 aliphatic rings. The average Bonchev–Trinajstić information content (AvgIpc) is 3.63. The van der Waals surface area contributed by atoms with Gasteiger partial charge in [-0.1, -0.05) is 24.6 Å². The molecule has 3 aliphatic carbocycles. The first kappa shape index (κ1) is 21.0. The van der Waals surface area contributed by atoms with Gasteiger partial charge in [0.15, 0.2) is 0 Å². The van der Waals surface area contributed by atoms with Gasteiger partial charge in [-0.2, -0.15) is 4.98 Å². The number of amides is 1. The number of hydrogen-bond donors (Lipinski definition) is 1. The number of carbonyl (C=O) groups excluding carboxylic acids is 1. The lowest BCUT2D eigenvalue weighted by molar-refractivity contribution is 0.0917. The quantitative estimate of drug-likeness (QED) is 0.659. The van der Waals surface area contributed by atoms with Crippen LogP contribution in [0, 0.1) is 23.7 Å². The van der Waals surface area contributed by atoms with E-state index in [0.29, 0.717) is 34.2 Å². The van der Waals surface area contributed by atoms with Gasteiger partial charge in [-0.25, -0.2) is 4.98 Å². The van der Waals surface area contributed by atoms with Crippen LogP contribution in [0.3, 0.4) is 0 Å². The number of hydrogen-bond acceptors (Lipinski definition) is 6. The van der Waals surface area contributed by atoms with Crippen molar-refractivity contribution in [2.75, 3.05) is 18.6 Å². The molecule has 3 heterocycles. The van der Waals surface area contributed by atoms with Gasteiger partial charge in [0, 0.05) is 24.8 Å². The molecule has 3 saturated carbocycles. The zero-order valence-corrected chi connectivity index (χ0v) is 19.7. The molecule has 174 valence electrons. The normalized spacial score (nSPS) is 31.1. The Morgan fingerprint density at radius 2 is 2.03 bits per heavy atom. The lowest BCUT2D eigenvalue weighted by Crippen LogP contribution is -2.37. The number of benzene rings is 1. The summed E-state index contributed by atoms with van der Waals surface area (Å²) in [5.74, 6) is 4.67. The minimum atomic E-state index is -0.166. The first-order valence-electron chi connectivity index (χ1n) is 11.9. The van der Waals surface area contributed by atoms with Crippen molar-refractivity contribution < 1.29 is 14.3 Å². The summed E-state index contributed by atoms with van der Waals surface area (Å²) in [6, 6.07) is 6.30. The van der Waals surface area contributed by atoms with E-state index in [1.807, 2.05) is 18.2 Å². The fourth-order valence-electron chi connectivity index (χ4n) is 5.73. The number of anilines is 1. The number of methoxy groups -OCH3 is 1. The van der Waals surface area contributed by atoms with Crippen LogP contribution < -0.4 is 19.7 Å². The molecule has 0 radical (unpaired) electrons. The highest BCUT2D eigenvalue weighted by Crippen LogP contribution is 2.75. The van der Waals surface area contributed by atoms with E-state index in [2.05, 4.69) is 22.1 Å². The van der Waals surface area contributed by atoms with Crippen molar-refractivity contribution in [3.05, 3.63) is 40.5 Å². The maximum absolute atomic E-state index is 13.2. The Kier molecular flexibility index (Phi) is 5.13. The van der Waals surface area contributed by atoms with Crippen molar-refractivity contribution in [3.8, 4) is 11.6 Å². The summed E-state index contributed by atoms with van der Waals surface area (Å²) in [5.41, 5.74) is 1.26. The van der Waals surface area contributed by atoms with Crippen molar-refractivity contribution in [1.29, 1.82) is 0 Å². The van der Waals surface area contributed by atoms with Crippen LogP contribution in [-0.4, -0.2) is 41.6 Å². The highest BCUT2D eigenvalue weighted by atomic mass is 35.5. The van der Waals surface area contributed by atoms with Crippen LogP contribution >= 0.6 is 11.6 Å². The molecule has 2 saturated heterocycles. The highest BCUT2D eigenvalue weighted by molar-refractivity contribution is 6.32. The first-order valence-corrected chi connectivity index (χ1v) is 12.3. The zero-order chi connectivity index (χ0) is 22.7. The third-order valence-electron chi connectivity index (χ3n) is 7.89. The largest absolute Gasteiger partial charge is 0.495 e. The van der Waals surface area contributed by atoms with Crippen LogP contribution in [-0.2, 0) is 6.61 Å². The van der Waals surface area contributed by atoms with Gasteiger partial charge in [-0.3, -0.25) is 4.79 Å². The zero-order valence-electron chi connectivity index (χ0n) is 19.0. The second-order valence-electron chi connectivity index (χ2n) is 10.0. The molecule has 2 unspecified atom stereocenters. The predicted molar refractivity (Wildman–Crippen MR) is 125 cm³/mol. The molecule has 2 atom stereocenters. The van der Waals surface area contributed by atoms with Crippen LogP contribution in [0.5, 0.6) is 11.6 Å². The second-order valence-corrected chi connectivity index (χ2v) is 10.4. The van der Waals surface area contributed by atoms with Crippen LogP contribution in [0.4, 0.5) is 5.95 Å². The Balaban J connectivity index is 1.21. The molecule has 5 fully saturated rings. The molecule has 2 aliphatic heterocycles. The van der Waals surface area contributed by atoms with Gasteiger partial charge in [0.1, 0.15) is 17.9 Å². The maximum atomic E-state index is 13.2. The fraction of sp³-hybridized carbons (Fsp3) is 0.560. The van der Waals surface area contributed by atoms with Crippen molar-refractivity contribution in [3.63, 3.8) is 0 Å². The molecule has 1 aromatic heterocycles. The van der Waals surface area contributed by atoms with Gasteiger partial charge in [0.25, 0.3) is 5.91 Å². The molecular weight excluding hydrogens is 440 g/mol. The number of carbonyl (C=O) groups is 1. The molecule has 2 bridgehead atoms. The lowest BCUT2D eigenvalue weighted by Gasteiger charge is -2.27. The first-order chi connectivity index (χ1) is 16.0. The van der Waals surface area contributed by atoms with Crippen LogP contribution in [0.1, 0.15) is 48.5 Å². The highest BCUT2D eigenvalue weighted by Gasteiger charge is 2.81. The Bertz CT molecular complexity index is 1070. The van der Waals surface area contributed by atoms with Gasteiger partial charge >= 0.3 is 0 Å². The van der Waals surface area contributed by atoms with E-state index >= 15 is 0 Å². The molecule has 8 heteroatoms. The monoisotopic (exact) mass is 468 g/mol. The standard InChI is InChI=1S/C25H29ClN4O3/c1-13-3-6-15(7-4-13)28-23(31)16-10-27-25(30-11-17-20-21(17)22(20)30)29-24(16)33-12-14-5-8-19(32-2)18(26)9-14/h5,8-10,13,15,17,20-22H,3-4,6-7,11-12H2,1-2H3,(H,28,31). The third kappa shape index (κ3) is 3.80. The predicted octanol–water partition coefficient (Wildman–Crippen LogP) is 4.09. The van der Waals surface area contributed by atoms with E-state index in [1.165, 1.54) is 0 Å². The molecule has 33 heavy (non-hydrogen) atoms. The maximum Gasteiger partial charge on any atom is 0.258 e. The minimum absolute atomic E-state index is 0.166. The summed E-state index contributed by atoms with van der Waals surface area (Å²) >= 11 is 6.27. The SMILES string of the molecule is COc1ccc(COc2nc(N3CC4C5C4C53)ncc2C(=O)NC2CCC(C)CC2)cc1Cl. The fourth-order valence-corrected chi connectivity index (χ4v) is 6.01. The molecule has 1 N–H and O–H groups in total. The van der Waals surface area contributed by atoms with E-state index in [4.69, 9.17) is 26.1 Å². The average molecular weight is 469 g/mol. The molecule has 7 nitrogen and oxygen atoms in total. The van der Waals surface area contributed by atoms with Crippen LogP contribution in [0.15, 0.2) is 24.4 Å². The van der Waals surface area contributed by atoms with Crippen LogP contribution in [0.25, 0.3) is 0 Å². The minimum Gasteiger partial charge on any atom is -0.495 e. The summed E-state index contributed by atoms with van der Waals surface area (Å²) in [7, 11) is 1.59. The summed E-state index contributed by atoms with van der Waals surface area (Å²) in [4.78, 5) is 24.7. The number of fused-ring (bicyclic) bond motifs is 1. The van der Waals surface area contributed by atoms with Gasteiger partial charge < -0.3 is 19.7 Å². The second kappa shape index (κ2) is 8.05. The van der Waals surface area contributed by atoms with E-state index in [9.17, 15) is 4.79 Å². The van der Waals surface area contributed by atoms with Crippen molar-refractivity contribution in [2.45, 2.75) is 51.3 Å². The van der Waals surface area contributed by atoms with E-state index in [0.717, 1.165) is 61.5 Å². The number of rotatable bonds is 7. The molecule has 1 aromatic carbocycles. The number of nitrogens with one attached hydrogen (secondary N) is 1. The molecule has 1 amide bonds. The van der Waals surface area contributed by atoms with Crippen molar-refractivity contribution in [2.24, 2.45) is 23.7 Å². The van der Waals surface area contributed by atoms with E-state index < -0.39 is 0 Å². The lowest BCUT2D eigenvalue weighted by atomic mass is 9.87. The van der Waals surface area contributed by atoms with E-state index in [-0.39, 0.29) is 18.6 Å². The van der Waals surface area contributed by atoms with Crippen LogP contribution in [0.2, 0.25) is 5.02 Å².